The standard InChI is InChI=1S/C16H18N2O3/c1-3-15-14(5-4-10-17-15)16(19)21-18-11-12-6-8-13(20-2)9-7-12/h4-10,18H,3,11H2,1-2H3. The van der Waals surface area contributed by atoms with E-state index in [1.165, 1.54) is 0 Å². The number of benzene rings is 1. The molecule has 0 radical (unpaired) electrons. The van der Waals surface area contributed by atoms with Crippen molar-refractivity contribution in [2.24, 2.45) is 0 Å². The topological polar surface area (TPSA) is 60.5 Å². The van der Waals surface area contributed by atoms with Crippen LogP contribution in [0, 0.1) is 0 Å². The summed E-state index contributed by atoms with van der Waals surface area (Å²) in [7, 11) is 1.62. The van der Waals surface area contributed by atoms with Gasteiger partial charge in [0.1, 0.15) is 5.75 Å². The molecule has 0 saturated carbocycles. The summed E-state index contributed by atoms with van der Waals surface area (Å²) in [6, 6.07) is 11.0. The van der Waals surface area contributed by atoms with E-state index >= 15 is 0 Å². The summed E-state index contributed by atoms with van der Waals surface area (Å²) in [5.41, 5.74) is 4.88. The third-order valence-electron chi connectivity index (χ3n) is 3.05. The molecule has 0 unspecified atom stereocenters. The summed E-state index contributed by atoms with van der Waals surface area (Å²) in [6.07, 6.45) is 2.35. The van der Waals surface area contributed by atoms with Crippen LogP contribution in [0.3, 0.4) is 0 Å². The van der Waals surface area contributed by atoms with E-state index in [-0.39, 0.29) is 0 Å². The van der Waals surface area contributed by atoms with E-state index in [0.717, 1.165) is 17.0 Å². The van der Waals surface area contributed by atoms with Crippen LogP contribution in [-0.2, 0) is 17.8 Å². The minimum absolute atomic E-state index is 0.423. The Morgan fingerprint density at radius 2 is 2.00 bits per heavy atom. The molecular formula is C16H18N2O3. The quantitative estimate of drug-likeness (QED) is 0.827. The van der Waals surface area contributed by atoms with Gasteiger partial charge in [0.05, 0.1) is 24.9 Å². The first-order valence-electron chi connectivity index (χ1n) is 6.75. The highest BCUT2D eigenvalue weighted by atomic mass is 16.7. The molecule has 2 aromatic rings. The fourth-order valence-corrected chi connectivity index (χ4v) is 1.89. The number of pyridine rings is 1. The second kappa shape index (κ2) is 7.40. The fraction of sp³-hybridized carbons (Fsp3) is 0.250. The lowest BCUT2D eigenvalue weighted by Gasteiger charge is -2.08. The highest BCUT2D eigenvalue weighted by molar-refractivity contribution is 5.90. The molecule has 110 valence electrons. The minimum Gasteiger partial charge on any atom is -0.497 e. The molecule has 0 aliphatic rings. The zero-order valence-electron chi connectivity index (χ0n) is 12.1. The Morgan fingerprint density at radius 1 is 1.24 bits per heavy atom. The lowest BCUT2D eigenvalue weighted by molar-refractivity contribution is 0.0235. The Hall–Kier alpha value is -2.40. The number of carbonyl (C=O) groups is 1. The van der Waals surface area contributed by atoms with Crippen molar-refractivity contribution in [1.29, 1.82) is 0 Å². The van der Waals surface area contributed by atoms with Crippen LogP contribution < -0.4 is 10.2 Å². The molecule has 2 rings (SSSR count). The highest BCUT2D eigenvalue weighted by Crippen LogP contribution is 2.11. The van der Waals surface area contributed by atoms with Gasteiger partial charge >= 0.3 is 5.97 Å². The predicted octanol–water partition coefficient (Wildman–Crippen LogP) is 2.51. The number of methoxy groups -OCH3 is 1. The van der Waals surface area contributed by atoms with Crippen molar-refractivity contribution in [3.05, 3.63) is 59.4 Å². The number of carbonyl (C=O) groups excluding carboxylic acids is 1. The third-order valence-corrected chi connectivity index (χ3v) is 3.05. The summed E-state index contributed by atoms with van der Waals surface area (Å²) in [6.45, 7) is 2.38. The normalized spacial score (nSPS) is 10.2. The van der Waals surface area contributed by atoms with Crippen molar-refractivity contribution in [3.63, 3.8) is 0 Å². The molecule has 1 aromatic carbocycles. The second-order valence-corrected chi connectivity index (χ2v) is 4.41. The smallest absolute Gasteiger partial charge is 0.358 e. The molecule has 0 saturated heterocycles. The Morgan fingerprint density at radius 3 is 2.67 bits per heavy atom. The maximum Gasteiger partial charge on any atom is 0.358 e. The Balaban J connectivity index is 1.89. The van der Waals surface area contributed by atoms with Crippen LogP contribution in [0.2, 0.25) is 0 Å². The van der Waals surface area contributed by atoms with Crippen LogP contribution in [0.5, 0.6) is 5.75 Å². The maximum atomic E-state index is 12.0. The molecule has 0 fully saturated rings. The van der Waals surface area contributed by atoms with Gasteiger partial charge in [0.25, 0.3) is 0 Å². The number of aryl methyl sites for hydroxylation is 1. The van der Waals surface area contributed by atoms with E-state index in [0.29, 0.717) is 18.5 Å². The summed E-state index contributed by atoms with van der Waals surface area (Å²) in [5.74, 6) is 0.368. The van der Waals surface area contributed by atoms with Gasteiger partial charge in [-0.1, -0.05) is 19.1 Å². The van der Waals surface area contributed by atoms with Gasteiger partial charge in [0.15, 0.2) is 0 Å². The molecule has 0 bridgehead atoms. The number of hydroxylamine groups is 1. The van der Waals surface area contributed by atoms with Crippen molar-refractivity contribution in [2.45, 2.75) is 19.9 Å². The van der Waals surface area contributed by atoms with Gasteiger partial charge in [-0.05, 0) is 36.2 Å². The number of rotatable bonds is 6. The Bertz CT molecular complexity index is 597. The first-order chi connectivity index (χ1) is 10.2. The molecule has 1 N–H and O–H groups in total. The van der Waals surface area contributed by atoms with Gasteiger partial charge in [-0.2, -0.15) is 0 Å². The zero-order chi connectivity index (χ0) is 15.1. The molecule has 0 spiro atoms. The van der Waals surface area contributed by atoms with Gasteiger partial charge in [0, 0.05) is 6.20 Å². The number of ether oxygens (including phenoxy) is 1. The monoisotopic (exact) mass is 286 g/mol. The largest absolute Gasteiger partial charge is 0.497 e. The van der Waals surface area contributed by atoms with E-state index in [9.17, 15) is 4.79 Å². The summed E-state index contributed by atoms with van der Waals surface area (Å²) < 4.78 is 5.08. The van der Waals surface area contributed by atoms with Gasteiger partial charge in [-0.3, -0.25) is 4.98 Å². The van der Waals surface area contributed by atoms with Crippen LogP contribution in [0.25, 0.3) is 0 Å². The zero-order valence-corrected chi connectivity index (χ0v) is 12.1. The molecule has 5 nitrogen and oxygen atoms in total. The number of nitrogens with one attached hydrogen (secondary N) is 1. The van der Waals surface area contributed by atoms with Gasteiger partial charge < -0.3 is 9.57 Å². The number of aromatic nitrogens is 1. The summed E-state index contributed by atoms with van der Waals surface area (Å²) >= 11 is 0. The molecule has 21 heavy (non-hydrogen) atoms. The van der Waals surface area contributed by atoms with Gasteiger partial charge in [0.2, 0.25) is 0 Å². The van der Waals surface area contributed by atoms with Crippen molar-refractivity contribution in [3.8, 4) is 5.75 Å². The number of hydrogen-bond acceptors (Lipinski definition) is 5. The van der Waals surface area contributed by atoms with Gasteiger partial charge in [-0.15, -0.1) is 5.48 Å². The molecule has 5 heteroatoms. The molecule has 1 aromatic heterocycles. The SMILES string of the molecule is CCc1ncccc1C(=O)ONCc1ccc(OC)cc1. The van der Waals surface area contributed by atoms with E-state index in [4.69, 9.17) is 9.57 Å². The summed E-state index contributed by atoms with van der Waals surface area (Å²) in [4.78, 5) is 21.2. The van der Waals surface area contributed by atoms with E-state index in [1.54, 1.807) is 25.4 Å². The lowest BCUT2D eigenvalue weighted by atomic mass is 10.1. The van der Waals surface area contributed by atoms with Crippen LogP contribution in [0.1, 0.15) is 28.5 Å². The number of hydrogen-bond donors (Lipinski definition) is 1. The minimum atomic E-state index is -0.423. The Kier molecular flexibility index (Phi) is 5.29. The predicted molar refractivity (Wildman–Crippen MR) is 78.9 cm³/mol. The highest BCUT2D eigenvalue weighted by Gasteiger charge is 2.12. The maximum absolute atomic E-state index is 12.0. The molecule has 0 amide bonds. The van der Waals surface area contributed by atoms with E-state index in [2.05, 4.69) is 10.5 Å². The average molecular weight is 286 g/mol. The first-order valence-corrected chi connectivity index (χ1v) is 6.75. The average Bonchev–Trinajstić information content (AvgIpc) is 2.55. The Labute approximate surface area is 123 Å². The van der Waals surface area contributed by atoms with Crippen molar-refractivity contribution in [2.75, 3.05) is 7.11 Å². The molecule has 0 aliphatic carbocycles. The van der Waals surface area contributed by atoms with E-state index < -0.39 is 5.97 Å². The van der Waals surface area contributed by atoms with Crippen LogP contribution in [0.15, 0.2) is 42.6 Å². The fourth-order valence-electron chi connectivity index (χ4n) is 1.89. The van der Waals surface area contributed by atoms with Crippen LogP contribution >= 0.6 is 0 Å². The van der Waals surface area contributed by atoms with Crippen LogP contribution in [-0.4, -0.2) is 18.1 Å². The van der Waals surface area contributed by atoms with Crippen molar-refractivity contribution < 1.29 is 14.4 Å². The first kappa shape index (κ1) is 15.0. The lowest BCUT2D eigenvalue weighted by Crippen LogP contribution is -2.20. The van der Waals surface area contributed by atoms with Crippen LogP contribution in [0.4, 0.5) is 0 Å². The van der Waals surface area contributed by atoms with Crippen molar-refractivity contribution in [1.82, 2.24) is 10.5 Å². The molecule has 0 aliphatic heterocycles. The molecular weight excluding hydrogens is 268 g/mol. The second-order valence-electron chi connectivity index (χ2n) is 4.41. The molecule has 1 heterocycles. The number of nitrogens with zero attached hydrogens (tertiary/aromatic N) is 1. The summed E-state index contributed by atoms with van der Waals surface area (Å²) in [5, 5.41) is 0. The van der Waals surface area contributed by atoms with Crippen molar-refractivity contribution >= 4 is 5.97 Å². The van der Waals surface area contributed by atoms with Gasteiger partial charge in [-0.25, -0.2) is 4.79 Å². The third kappa shape index (κ3) is 4.03. The van der Waals surface area contributed by atoms with E-state index in [1.807, 2.05) is 31.2 Å². The molecule has 0 atom stereocenters.